The van der Waals surface area contributed by atoms with E-state index >= 15 is 0 Å². The first kappa shape index (κ1) is 42.5. The highest BCUT2D eigenvalue weighted by Gasteiger charge is 2.48. The summed E-state index contributed by atoms with van der Waals surface area (Å²) in [5.74, 6) is -1.62. The minimum Gasteiger partial charge on any atom is -0.427 e. The molecule has 256 valence electrons. The lowest BCUT2D eigenvalue weighted by Gasteiger charge is -2.37. The molecule has 0 aliphatic rings. The number of nitrogens with zero attached hydrogens (tertiary/aromatic N) is 4. The standard InChI is InChI=1S/C33H56N4O6S2/c1-10-12-14-15-16-17-18-19-20-21-23-27(22-13-11-2)43-28(38)24-33(7,29(39)36(8)25-31(3,4)44-34-41)30(40)37(9)26-32(5,6)45-35-42/h11,13,21-23H,10,12,14-20,24-26H2,1-9H3. The van der Waals surface area contributed by atoms with Gasteiger partial charge in [0.15, 0.2) is 0 Å². The van der Waals surface area contributed by atoms with Crippen molar-refractivity contribution in [2.24, 2.45) is 14.6 Å². The average Bonchev–Trinajstić information content (AvgIpc) is 2.94. The molecule has 0 N–H and O–H groups in total. The van der Waals surface area contributed by atoms with Gasteiger partial charge in [-0.05, 0) is 66.5 Å². The van der Waals surface area contributed by atoms with Gasteiger partial charge in [0.1, 0.15) is 11.2 Å². The minimum atomic E-state index is -1.82. The predicted octanol–water partition coefficient (Wildman–Crippen LogP) is 8.78. The van der Waals surface area contributed by atoms with E-state index < -0.39 is 39.1 Å². The zero-order valence-corrected chi connectivity index (χ0v) is 30.6. The van der Waals surface area contributed by atoms with Crippen LogP contribution in [0.1, 0.15) is 113 Å². The van der Waals surface area contributed by atoms with Crippen LogP contribution in [0.25, 0.3) is 0 Å². The van der Waals surface area contributed by atoms with Crippen LogP contribution in [0, 0.1) is 15.2 Å². The highest BCUT2D eigenvalue weighted by atomic mass is 32.2. The molecule has 0 aliphatic carbocycles. The molecular formula is C33H56N4O6S2. The number of rotatable bonds is 24. The van der Waals surface area contributed by atoms with Crippen LogP contribution in [0.15, 0.2) is 45.3 Å². The highest BCUT2D eigenvalue weighted by molar-refractivity contribution is 7.99. The Morgan fingerprint density at radius 2 is 1.24 bits per heavy atom. The number of amides is 2. The summed E-state index contributed by atoms with van der Waals surface area (Å²) in [6, 6.07) is 0. The Bertz CT molecular complexity index is 1000. The Labute approximate surface area is 279 Å². The summed E-state index contributed by atoms with van der Waals surface area (Å²) in [4.78, 5) is 65.6. The second-order valence-corrected chi connectivity index (χ2v) is 15.8. The maximum atomic E-state index is 13.9. The Kier molecular flexibility index (Phi) is 20.9. The maximum Gasteiger partial charge on any atom is 0.312 e. The van der Waals surface area contributed by atoms with Gasteiger partial charge >= 0.3 is 5.97 Å². The first-order valence-corrected chi connectivity index (χ1v) is 17.4. The monoisotopic (exact) mass is 668 g/mol. The number of allylic oxidation sites excluding steroid dienone is 5. The van der Waals surface area contributed by atoms with E-state index in [2.05, 4.69) is 16.1 Å². The fourth-order valence-electron chi connectivity index (χ4n) is 5.00. The number of nitroso groups, excluding NO2 is 2. The molecule has 0 fully saturated rings. The molecule has 0 rings (SSSR count). The second kappa shape index (κ2) is 22.1. The Morgan fingerprint density at radius 1 is 0.778 bits per heavy atom. The van der Waals surface area contributed by atoms with Gasteiger partial charge < -0.3 is 14.5 Å². The van der Waals surface area contributed by atoms with Gasteiger partial charge in [0.25, 0.3) is 0 Å². The Morgan fingerprint density at radius 3 is 1.69 bits per heavy atom. The molecule has 45 heavy (non-hydrogen) atoms. The molecule has 0 spiro atoms. The van der Waals surface area contributed by atoms with Crippen molar-refractivity contribution in [2.75, 3.05) is 27.2 Å². The lowest BCUT2D eigenvalue weighted by atomic mass is 9.83. The fourth-order valence-corrected chi connectivity index (χ4v) is 5.90. The summed E-state index contributed by atoms with van der Waals surface area (Å²) in [7, 11) is 3.04. The van der Waals surface area contributed by atoms with E-state index in [1.807, 2.05) is 19.1 Å². The van der Waals surface area contributed by atoms with Crippen LogP contribution in [-0.4, -0.2) is 64.3 Å². The topological polar surface area (TPSA) is 126 Å². The third-order valence-electron chi connectivity index (χ3n) is 7.13. The van der Waals surface area contributed by atoms with Crippen LogP contribution in [-0.2, 0) is 19.1 Å². The van der Waals surface area contributed by atoms with Crippen molar-refractivity contribution in [1.82, 2.24) is 9.80 Å². The van der Waals surface area contributed by atoms with Crippen LogP contribution < -0.4 is 0 Å². The molecule has 12 heteroatoms. The Hall–Kier alpha value is -2.47. The Balaban J connectivity index is 5.84. The first-order chi connectivity index (χ1) is 21.1. The third-order valence-corrected chi connectivity index (χ3v) is 8.53. The van der Waals surface area contributed by atoms with Gasteiger partial charge in [-0.3, -0.25) is 14.4 Å². The van der Waals surface area contributed by atoms with E-state index in [0.29, 0.717) is 5.76 Å². The zero-order chi connectivity index (χ0) is 34.5. The first-order valence-electron chi connectivity index (χ1n) is 15.8. The number of carbonyl (C=O) groups excluding carboxylic acids is 3. The van der Waals surface area contributed by atoms with Crippen molar-refractivity contribution in [3.05, 3.63) is 46.0 Å². The molecule has 0 aliphatic heterocycles. The average molecular weight is 669 g/mol. The number of ether oxygens (including phenoxy) is 1. The van der Waals surface area contributed by atoms with Crippen molar-refractivity contribution in [3.8, 4) is 0 Å². The molecule has 0 radical (unpaired) electrons. The second-order valence-electron chi connectivity index (χ2n) is 12.9. The fraction of sp³-hybridized carbons (Fsp3) is 0.727. The largest absolute Gasteiger partial charge is 0.427 e. The smallest absolute Gasteiger partial charge is 0.312 e. The van der Waals surface area contributed by atoms with Crippen LogP contribution in [0.2, 0.25) is 0 Å². The van der Waals surface area contributed by atoms with Crippen LogP contribution in [0.5, 0.6) is 0 Å². The molecule has 0 atom stereocenters. The third kappa shape index (κ3) is 17.7. The van der Waals surface area contributed by atoms with Gasteiger partial charge in [0, 0.05) is 60.2 Å². The zero-order valence-electron chi connectivity index (χ0n) is 28.9. The predicted molar refractivity (Wildman–Crippen MR) is 188 cm³/mol. The molecule has 0 saturated heterocycles. The van der Waals surface area contributed by atoms with E-state index in [-0.39, 0.29) is 13.1 Å². The summed E-state index contributed by atoms with van der Waals surface area (Å²) in [5, 5.41) is 0. The molecule has 0 aromatic carbocycles. The maximum absolute atomic E-state index is 13.9. The molecule has 10 nitrogen and oxygen atoms in total. The summed E-state index contributed by atoms with van der Waals surface area (Å²) >= 11 is 1.58. The number of unbranched alkanes of at least 4 members (excludes halogenated alkanes) is 8. The summed E-state index contributed by atoms with van der Waals surface area (Å²) in [5.41, 5.74) is -1.82. The van der Waals surface area contributed by atoms with Crippen LogP contribution in [0.4, 0.5) is 0 Å². The van der Waals surface area contributed by atoms with Crippen LogP contribution in [0.3, 0.4) is 0 Å². The molecule has 2 amide bonds. The molecule has 0 aromatic heterocycles. The number of carbonyl (C=O) groups is 3. The van der Waals surface area contributed by atoms with Crippen molar-refractivity contribution in [2.45, 2.75) is 122 Å². The SMILES string of the molecule is CC=CC=C(C=CCCCCCCCCCC)OC(=O)CC(C)(C(=O)N(C)CC(C)(C)SN=O)C(=O)N(C)CC(C)(C)SN=O. The van der Waals surface area contributed by atoms with Gasteiger partial charge in [-0.2, -0.15) is 0 Å². The molecular weight excluding hydrogens is 613 g/mol. The minimum absolute atomic E-state index is 0.105. The summed E-state index contributed by atoms with van der Waals surface area (Å²) in [6.45, 7) is 12.7. The van der Waals surface area contributed by atoms with Crippen molar-refractivity contribution >= 4 is 41.7 Å². The highest BCUT2D eigenvalue weighted by Crippen LogP contribution is 2.33. The van der Waals surface area contributed by atoms with Gasteiger partial charge in [0.2, 0.25) is 11.8 Å². The summed E-state index contributed by atoms with van der Waals surface area (Å²) < 4.78 is 10.0. The summed E-state index contributed by atoms with van der Waals surface area (Å²) in [6.07, 6.45) is 19.0. The van der Waals surface area contributed by atoms with Crippen molar-refractivity contribution in [1.29, 1.82) is 0 Å². The van der Waals surface area contributed by atoms with E-state index in [1.54, 1.807) is 45.9 Å². The number of hydrogen-bond acceptors (Lipinski definition) is 10. The van der Waals surface area contributed by atoms with Gasteiger partial charge in [0.05, 0.1) is 15.9 Å². The molecule has 0 saturated carbocycles. The van der Waals surface area contributed by atoms with E-state index in [9.17, 15) is 24.2 Å². The van der Waals surface area contributed by atoms with Crippen molar-refractivity contribution in [3.63, 3.8) is 0 Å². The van der Waals surface area contributed by atoms with E-state index in [4.69, 9.17) is 4.74 Å². The van der Waals surface area contributed by atoms with Gasteiger partial charge in [-0.25, -0.2) is 0 Å². The van der Waals surface area contributed by atoms with E-state index in [0.717, 1.165) is 43.2 Å². The molecule has 0 aromatic rings. The van der Waals surface area contributed by atoms with Crippen molar-refractivity contribution < 1.29 is 19.1 Å². The van der Waals surface area contributed by atoms with Gasteiger partial charge in [-0.1, -0.05) is 70.1 Å². The molecule has 0 unspecified atom stereocenters. The van der Waals surface area contributed by atoms with Crippen LogP contribution >= 0.6 is 23.9 Å². The quantitative estimate of drug-likeness (QED) is 0.0190. The van der Waals surface area contributed by atoms with E-state index in [1.165, 1.54) is 69.3 Å². The molecule has 0 heterocycles. The van der Waals surface area contributed by atoms with Gasteiger partial charge in [-0.15, -0.1) is 9.81 Å². The molecule has 0 bridgehead atoms. The lowest BCUT2D eigenvalue weighted by molar-refractivity contribution is -0.160. The number of hydrogen-bond donors (Lipinski definition) is 0. The number of esters is 1. The normalized spacial score (nSPS) is 12.9. The lowest BCUT2D eigenvalue weighted by Crippen LogP contribution is -2.54.